The summed E-state index contributed by atoms with van der Waals surface area (Å²) in [5.74, 6) is -0.215. The van der Waals surface area contributed by atoms with Gasteiger partial charge in [0.15, 0.2) is 0 Å². The molecule has 0 spiro atoms. The number of benzene rings is 1. The van der Waals surface area contributed by atoms with Gasteiger partial charge in [0.1, 0.15) is 6.61 Å². The second-order valence-electron chi connectivity index (χ2n) is 3.10. The molecule has 0 bridgehead atoms. The maximum Gasteiger partial charge on any atom is 0.341 e. The Bertz CT molecular complexity index is 499. The molecule has 3 heteroatoms. The van der Waals surface area contributed by atoms with Gasteiger partial charge in [0.05, 0.1) is 11.3 Å². The van der Waals surface area contributed by atoms with Crippen molar-refractivity contribution in [2.75, 3.05) is 0 Å². The van der Waals surface area contributed by atoms with Gasteiger partial charge in [0, 0.05) is 10.9 Å². The van der Waals surface area contributed by atoms with Crippen LogP contribution in [0.1, 0.15) is 16.1 Å². The van der Waals surface area contributed by atoms with Crippen LogP contribution in [-0.2, 0) is 11.3 Å². The Morgan fingerprint density at radius 3 is 3.08 bits per heavy atom. The van der Waals surface area contributed by atoms with Crippen LogP contribution >= 0.6 is 0 Å². The third-order valence-electron chi connectivity index (χ3n) is 2.34. The summed E-state index contributed by atoms with van der Waals surface area (Å²) in [4.78, 5) is 14.5. The van der Waals surface area contributed by atoms with Crippen molar-refractivity contribution >= 4 is 16.9 Å². The van der Waals surface area contributed by atoms with Crippen LogP contribution in [0.25, 0.3) is 10.9 Å². The summed E-state index contributed by atoms with van der Waals surface area (Å²) < 4.78 is 4.90. The number of cyclic esters (lactones) is 1. The van der Waals surface area contributed by atoms with Gasteiger partial charge >= 0.3 is 5.97 Å². The van der Waals surface area contributed by atoms with Crippen LogP contribution < -0.4 is 0 Å². The molecule has 0 amide bonds. The monoisotopic (exact) mass is 173 g/mol. The molecule has 2 heterocycles. The molecule has 0 saturated carbocycles. The van der Waals surface area contributed by atoms with Crippen molar-refractivity contribution in [3.05, 3.63) is 35.5 Å². The van der Waals surface area contributed by atoms with E-state index in [2.05, 4.69) is 4.98 Å². The van der Waals surface area contributed by atoms with Crippen LogP contribution in [0, 0.1) is 0 Å². The highest BCUT2D eigenvalue weighted by Crippen LogP contribution is 2.27. The van der Waals surface area contributed by atoms with Crippen molar-refractivity contribution in [2.45, 2.75) is 6.61 Å². The lowest BCUT2D eigenvalue weighted by Gasteiger charge is -1.92. The number of hydrogen-bond donors (Lipinski definition) is 1. The SMILES string of the molecule is O=C1OCc2[nH]c3ccccc3c21. The summed E-state index contributed by atoms with van der Waals surface area (Å²) in [5, 5.41) is 0.958. The van der Waals surface area contributed by atoms with E-state index < -0.39 is 0 Å². The Morgan fingerprint density at radius 1 is 1.31 bits per heavy atom. The van der Waals surface area contributed by atoms with E-state index in [0.29, 0.717) is 12.2 Å². The average molecular weight is 173 g/mol. The van der Waals surface area contributed by atoms with Crippen molar-refractivity contribution in [2.24, 2.45) is 0 Å². The lowest BCUT2D eigenvalue weighted by Crippen LogP contribution is -1.92. The first kappa shape index (κ1) is 6.71. The maximum absolute atomic E-state index is 11.3. The van der Waals surface area contributed by atoms with Crippen LogP contribution in [-0.4, -0.2) is 11.0 Å². The molecular weight excluding hydrogens is 166 g/mol. The summed E-state index contributed by atoms with van der Waals surface area (Å²) in [6.45, 7) is 0.378. The predicted octanol–water partition coefficient (Wildman–Crippen LogP) is 1.84. The summed E-state index contributed by atoms with van der Waals surface area (Å²) >= 11 is 0. The molecular formula is C10H7NO2. The molecule has 1 aromatic carbocycles. The number of esters is 1. The molecule has 1 N–H and O–H groups in total. The molecule has 13 heavy (non-hydrogen) atoms. The minimum atomic E-state index is -0.215. The smallest absolute Gasteiger partial charge is 0.341 e. The number of hydrogen-bond acceptors (Lipinski definition) is 2. The molecule has 0 radical (unpaired) electrons. The Balaban J connectivity index is 2.46. The standard InChI is InChI=1S/C10H7NO2/c12-10-9-6-3-1-2-4-7(6)11-8(9)5-13-10/h1-4,11H,5H2. The Kier molecular flexibility index (Phi) is 1.10. The fourth-order valence-electron chi connectivity index (χ4n) is 1.75. The highest BCUT2D eigenvalue weighted by Gasteiger charge is 2.25. The lowest BCUT2D eigenvalue weighted by molar-refractivity contribution is 0.0534. The first-order valence-electron chi connectivity index (χ1n) is 4.13. The summed E-state index contributed by atoms with van der Waals surface area (Å²) in [5.41, 5.74) is 2.60. The first-order valence-corrected chi connectivity index (χ1v) is 4.13. The van der Waals surface area contributed by atoms with E-state index in [4.69, 9.17) is 4.74 Å². The van der Waals surface area contributed by atoms with Crippen molar-refractivity contribution in [1.29, 1.82) is 0 Å². The molecule has 64 valence electrons. The molecule has 0 atom stereocenters. The molecule has 1 aromatic heterocycles. The van der Waals surface area contributed by atoms with Gasteiger partial charge in [-0.3, -0.25) is 0 Å². The van der Waals surface area contributed by atoms with Crippen molar-refractivity contribution in [3.63, 3.8) is 0 Å². The number of ether oxygens (including phenoxy) is 1. The van der Waals surface area contributed by atoms with E-state index in [1.54, 1.807) is 0 Å². The number of rotatable bonds is 0. The minimum Gasteiger partial charge on any atom is -0.456 e. The third kappa shape index (κ3) is 0.758. The maximum atomic E-state index is 11.3. The van der Waals surface area contributed by atoms with Crippen molar-refractivity contribution in [3.8, 4) is 0 Å². The molecule has 3 rings (SSSR count). The lowest BCUT2D eigenvalue weighted by atomic mass is 10.1. The third-order valence-corrected chi connectivity index (χ3v) is 2.34. The average Bonchev–Trinajstić information content (AvgIpc) is 2.66. The first-order chi connectivity index (χ1) is 6.36. The molecule has 2 aromatic rings. The van der Waals surface area contributed by atoms with Crippen LogP contribution in [0.15, 0.2) is 24.3 Å². The van der Waals surface area contributed by atoms with Gasteiger partial charge in [-0.25, -0.2) is 4.79 Å². The van der Waals surface area contributed by atoms with E-state index in [9.17, 15) is 4.79 Å². The zero-order chi connectivity index (χ0) is 8.84. The van der Waals surface area contributed by atoms with Crippen LogP contribution in [0.4, 0.5) is 0 Å². The summed E-state index contributed by atoms with van der Waals surface area (Å²) in [6, 6.07) is 7.75. The number of carbonyl (C=O) groups is 1. The zero-order valence-corrected chi connectivity index (χ0v) is 6.83. The molecule has 1 aliphatic rings. The number of aromatic amines is 1. The molecule has 0 unspecified atom stereocenters. The fraction of sp³-hybridized carbons (Fsp3) is 0.100. The van der Waals surface area contributed by atoms with Gasteiger partial charge in [-0.1, -0.05) is 18.2 Å². The van der Waals surface area contributed by atoms with Crippen LogP contribution in [0.3, 0.4) is 0 Å². The second-order valence-corrected chi connectivity index (χ2v) is 3.10. The fourth-order valence-corrected chi connectivity index (χ4v) is 1.75. The van der Waals surface area contributed by atoms with Gasteiger partial charge < -0.3 is 9.72 Å². The highest BCUT2D eigenvalue weighted by atomic mass is 16.5. The predicted molar refractivity (Wildman–Crippen MR) is 47.4 cm³/mol. The Labute approximate surface area is 74.3 Å². The van der Waals surface area contributed by atoms with E-state index in [1.807, 2.05) is 24.3 Å². The number of aromatic nitrogens is 1. The van der Waals surface area contributed by atoms with Gasteiger partial charge in [-0.2, -0.15) is 0 Å². The number of nitrogens with one attached hydrogen (secondary N) is 1. The molecule has 0 saturated heterocycles. The molecule has 0 fully saturated rings. The zero-order valence-electron chi connectivity index (χ0n) is 6.83. The topological polar surface area (TPSA) is 42.1 Å². The summed E-state index contributed by atoms with van der Waals surface area (Å²) in [7, 11) is 0. The van der Waals surface area contributed by atoms with Gasteiger partial charge in [0.2, 0.25) is 0 Å². The molecule has 3 nitrogen and oxygen atoms in total. The molecule has 1 aliphatic heterocycles. The minimum absolute atomic E-state index is 0.215. The number of H-pyrrole nitrogens is 1. The Hall–Kier alpha value is -1.77. The van der Waals surface area contributed by atoms with Gasteiger partial charge in [-0.15, -0.1) is 0 Å². The van der Waals surface area contributed by atoms with Crippen molar-refractivity contribution in [1.82, 2.24) is 4.98 Å². The number of carbonyl (C=O) groups excluding carboxylic acids is 1. The van der Waals surface area contributed by atoms with Gasteiger partial charge in [0.25, 0.3) is 0 Å². The number of para-hydroxylation sites is 1. The Morgan fingerprint density at radius 2 is 2.15 bits per heavy atom. The summed E-state index contributed by atoms with van der Waals surface area (Å²) in [6.07, 6.45) is 0. The highest BCUT2D eigenvalue weighted by molar-refractivity contribution is 6.07. The van der Waals surface area contributed by atoms with E-state index >= 15 is 0 Å². The van der Waals surface area contributed by atoms with Crippen molar-refractivity contribution < 1.29 is 9.53 Å². The molecule has 0 aliphatic carbocycles. The normalized spacial score (nSPS) is 14.6. The quantitative estimate of drug-likeness (QED) is 0.617. The number of fused-ring (bicyclic) bond motifs is 3. The largest absolute Gasteiger partial charge is 0.456 e. The van der Waals surface area contributed by atoms with Gasteiger partial charge in [-0.05, 0) is 6.07 Å². The van der Waals surface area contributed by atoms with E-state index in [1.165, 1.54) is 0 Å². The van der Waals surface area contributed by atoms with Crippen LogP contribution in [0.5, 0.6) is 0 Å². The van der Waals surface area contributed by atoms with E-state index in [-0.39, 0.29) is 5.97 Å². The van der Waals surface area contributed by atoms with Crippen LogP contribution in [0.2, 0.25) is 0 Å². The second kappa shape index (κ2) is 2.13. The van der Waals surface area contributed by atoms with E-state index in [0.717, 1.165) is 16.6 Å².